The summed E-state index contributed by atoms with van der Waals surface area (Å²) in [5.41, 5.74) is 2.04. The van der Waals surface area contributed by atoms with E-state index in [1.54, 1.807) is 0 Å². The lowest BCUT2D eigenvalue weighted by Crippen LogP contribution is -2.20. The van der Waals surface area contributed by atoms with Crippen LogP contribution in [0.2, 0.25) is 0 Å². The number of nitrogens with one attached hydrogen (secondary N) is 1. The molecular formula is C23H27NO2. The van der Waals surface area contributed by atoms with Crippen LogP contribution in [0.1, 0.15) is 24.2 Å². The van der Waals surface area contributed by atoms with Gasteiger partial charge in [-0.25, -0.2) is 0 Å². The predicted octanol–water partition coefficient (Wildman–Crippen LogP) is 4.60. The minimum absolute atomic E-state index is 0.474. The Morgan fingerprint density at radius 2 is 1.35 bits per heavy atom. The lowest BCUT2D eigenvalue weighted by Gasteiger charge is -2.12. The Labute approximate surface area is 156 Å². The van der Waals surface area contributed by atoms with E-state index in [4.69, 9.17) is 4.74 Å². The van der Waals surface area contributed by atoms with Gasteiger partial charge in [-0.1, -0.05) is 85.8 Å². The molecule has 0 unspecified atom stereocenters. The standard InChI is InChI=1S/C17H21NO2.C6H6/c1-2-18-12-17(19)15-8-10-16(11-9-15)20-13-14-6-4-3-5-7-14;1-2-4-6-5-3-1/h3-11,17-19H,2,12-13H2,1H3;1-6H/t17-;/m1./s1. The van der Waals surface area contributed by atoms with Crippen LogP contribution in [-0.2, 0) is 6.61 Å². The molecule has 0 heterocycles. The predicted molar refractivity (Wildman–Crippen MR) is 107 cm³/mol. The first-order valence-electron chi connectivity index (χ1n) is 8.95. The Bertz CT molecular complexity index is 673. The van der Waals surface area contributed by atoms with Crippen molar-refractivity contribution in [3.63, 3.8) is 0 Å². The van der Waals surface area contributed by atoms with E-state index in [0.717, 1.165) is 23.4 Å². The molecule has 0 aliphatic rings. The summed E-state index contributed by atoms with van der Waals surface area (Å²) < 4.78 is 5.71. The van der Waals surface area contributed by atoms with Gasteiger partial charge in [0.25, 0.3) is 0 Å². The van der Waals surface area contributed by atoms with Crippen molar-refractivity contribution < 1.29 is 9.84 Å². The smallest absolute Gasteiger partial charge is 0.119 e. The van der Waals surface area contributed by atoms with Crippen molar-refractivity contribution in [2.24, 2.45) is 0 Å². The lowest BCUT2D eigenvalue weighted by molar-refractivity contribution is 0.175. The Morgan fingerprint density at radius 1 is 0.808 bits per heavy atom. The molecule has 3 aromatic carbocycles. The second-order valence-electron chi connectivity index (χ2n) is 5.82. The number of hydrogen-bond donors (Lipinski definition) is 2. The normalized spacial score (nSPS) is 11.2. The zero-order valence-electron chi connectivity index (χ0n) is 15.2. The van der Waals surface area contributed by atoms with Gasteiger partial charge in [0.2, 0.25) is 0 Å². The molecule has 2 N–H and O–H groups in total. The Kier molecular flexibility index (Phi) is 8.98. The molecule has 136 valence electrons. The molecule has 0 fully saturated rings. The van der Waals surface area contributed by atoms with Crippen LogP contribution in [0.3, 0.4) is 0 Å². The Hall–Kier alpha value is -2.62. The number of aliphatic hydroxyl groups is 1. The zero-order valence-corrected chi connectivity index (χ0v) is 15.2. The van der Waals surface area contributed by atoms with Crippen LogP contribution in [0.15, 0.2) is 91.0 Å². The fourth-order valence-electron chi connectivity index (χ4n) is 2.31. The van der Waals surface area contributed by atoms with Gasteiger partial charge in [0.1, 0.15) is 12.4 Å². The first-order valence-corrected chi connectivity index (χ1v) is 8.95. The van der Waals surface area contributed by atoms with Crippen molar-refractivity contribution >= 4 is 0 Å². The second kappa shape index (κ2) is 11.9. The molecule has 3 rings (SSSR count). The number of ether oxygens (including phenoxy) is 1. The van der Waals surface area contributed by atoms with E-state index in [-0.39, 0.29) is 0 Å². The molecule has 0 spiro atoms. The first-order chi connectivity index (χ1) is 12.8. The molecule has 1 atom stereocenters. The maximum absolute atomic E-state index is 9.95. The van der Waals surface area contributed by atoms with Gasteiger partial charge in [0, 0.05) is 6.54 Å². The van der Waals surface area contributed by atoms with Gasteiger partial charge in [-0.05, 0) is 29.8 Å². The highest BCUT2D eigenvalue weighted by atomic mass is 16.5. The fourth-order valence-corrected chi connectivity index (χ4v) is 2.31. The highest BCUT2D eigenvalue weighted by Gasteiger charge is 2.06. The molecule has 3 aromatic rings. The number of hydrogen-bond acceptors (Lipinski definition) is 3. The molecule has 0 saturated heterocycles. The van der Waals surface area contributed by atoms with E-state index in [1.807, 2.05) is 97.9 Å². The second-order valence-corrected chi connectivity index (χ2v) is 5.82. The highest BCUT2D eigenvalue weighted by Crippen LogP contribution is 2.18. The summed E-state index contributed by atoms with van der Waals surface area (Å²) in [5.74, 6) is 0.813. The number of aliphatic hydroxyl groups excluding tert-OH is 1. The van der Waals surface area contributed by atoms with Gasteiger partial charge >= 0.3 is 0 Å². The number of likely N-dealkylation sites (N-methyl/N-ethyl adjacent to an activating group) is 1. The average molecular weight is 349 g/mol. The molecule has 26 heavy (non-hydrogen) atoms. The molecule has 0 aromatic heterocycles. The van der Waals surface area contributed by atoms with Crippen molar-refractivity contribution in [3.8, 4) is 5.75 Å². The minimum Gasteiger partial charge on any atom is -0.489 e. The quantitative estimate of drug-likeness (QED) is 0.655. The van der Waals surface area contributed by atoms with Crippen LogP contribution >= 0.6 is 0 Å². The maximum atomic E-state index is 9.95. The van der Waals surface area contributed by atoms with E-state index in [0.29, 0.717) is 13.2 Å². The van der Waals surface area contributed by atoms with Crippen LogP contribution in [0.25, 0.3) is 0 Å². The first kappa shape index (κ1) is 19.7. The summed E-state index contributed by atoms with van der Waals surface area (Å²) in [6.45, 7) is 4.00. The lowest BCUT2D eigenvalue weighted by atomic mass is 10.1. The summed E-state index contributed by atoms with van der Waals surface area (Å²) in [5, 5.41) is 13.1. The van der Waals surface area contributed by atoms with Crippen molar-refractivity contribution in [1.29, 1.82) is 0 Å². The van der Waals surface area contributed by atoms with Gasteiger partial charge in [-0.2, -0.15) is 0 Å². The van der Waals surface area contributed by atoms with Gasteiger partial charge in [0.05, 0.1) is 6.10 Å². The Balaban J connectivity index is 0.000000342. The Morgan fingerprint density at radius 3 is 1.88 bits per heavy atom. The van der Waals surface area contributed by atoms with Crippen molar-refractivity contribution in [2.45, 2.75) is 19.6 Å². The molecule has 3 nitrogen and oxygen atoms in total. The summed E-state index contributed by atoms with van der Waals surface area (Å²) >= 11 is 0. The van der Waals surface area contributed by atoms with Crippen molar-refractivity contribution in [1.82, 2.24) is 5.32 Å². The molecule has 0 aliphatic carbocycles. The van der Waals surface area contributed by atoms with E-state index in [9.17, 15) is 5.11 Å². The van der Waals surface area contributed by atoms with Crippen LogP contribution < -0.4 is 10.1 Å². The average Bonchev–Trinajstić information content (AvgIpc) is 2.73. The van der Waals surface area contributed by atoms with Crippen molar-refractivity contribution in [3.05, 3.63) is 102 Å². The van der Waals surface area contributed by atoms with Crippen LogP contribution in [-0.4, -0.2) is 18.2 Å². The SMILES string of the molecule is CCNC[C@@H](O)c1ccc(OCc2ccccc2)cc1.c1ccccc1. The minimum atomic E-state index is -0.474. The summed E-state index contributed by atoms with van der Waals surface area (Å²) in [6, 6.07) is 29.7. The van der Waals surface area contributed by atoms with E-state index in [2.05, 4.69) is 5.32 Å². The van der Waals surface area contributed by atoms with Gasteiger partial charge in [0.15, 0.2) is 0 Å². The third-order valence-corrected chi connectivity index (χ3v) is 3.77. The number of rotatable bonds is 7. The summed E-state index contributed by atoms with van der Waals surface area (Å²) in [4.78, 5) is 0. The topological polar surface area (TPSA) is 41.5 Å². The summed E-state index contributed by atoms with van der Waals surface area (Å²) in [7, 11) is 0. The van der Waals surface area contributed by atoms with E-state index >= 15 is 0 Å². The summed E-state index contributed by atoms with van der Waals surface area (Å²) in [6.07, 6.45) is -0.474. The fraction of sp³-hybridized carbons (Fsp3) is 0.217. The van der Waals surface area contributed by atoms with Crippen molar-refractivity contribution in [2.75, 3.05) is 13.1 Å². The monoisotopic (exact) mass is 349 g/mol. The molecule has 0 aliphatic heterocycles. The molecule has 0 amide bonds. The van der Waals surface area contributed by atoms with Gasteiger partial charge < -0.3 is 15.2 Å². The zero-order chi connectivity index (χ0) is 18.5. The maximum Gasteiger partial charge on any atom is 0.119 e. The molecule has 3 heteroatoms. The molecule has 0 saturated carbocycles. The van der Waals surface area contributed by atoms with Crippen LogP contribution in [0, 0.1) is 0 Å². The molecular weight excluding hydrogens is 322 g/mol. The molecule has 0 bridgehead atoms. The van der Waals surface area contributed by atoms with E-state index < -0.39 is 6.10 Å². The number of benzene rings is 3. The van der Waals surface area contributed by atoms with E-state index in [1.165, 1.54) is 0 Å². The molecule has 0 radical (unpaired) electrons. The third-order valence-electron chi connectivity index (χ3n) is 3.77. The highest BCUT2D eigenvalue weighted by molar-refractivity contribution is 5.29. The van der Waals surface area contributed by atoms with Crippen LogP contribution in [0.4, 0.5) is 0 Å². The largest absolute Gasteiger partial charge is 0.489 e. The van der Waals surface area contributed by atoms with Crippen LogP contribution in [0.5, 0.6) is 5.75 Å². The third kappa shape index (κ3) is 7.51. The van der Waals surface area contributed by atoms with Gasteiger partial charge in [-0.15, -0.1) is 0 Å². The van der Waals surface area contributed by atoms with Gasteiger partial charge in [-0.3, -0.25) is 0 Å².